The maximum Gasteiger partial charge on any atom is 0.307 e. The maximum atomic E-state index is 13.5. The van der Waals surface area contributed by atoms with Gasteiger partial charge in [-0.15, -0.1) is 0 Å². The van der Waals surface area contributed by atoms with Gasteiger partial charge in [0, 0.05) is 36.4 Å². The number of anilines is 1. The smallest absolute Gasteiger partial charge is 0.307 e. The third-order valence-electron chi connectivity index (χ3n) is 6.76. The summed E-state index contributed by atoms with van der Waals surface area (Å²) in [6.07, 6.45) is 4.32. The molecule has 9 nitrogen and oxygen atoms in total. The van der Waals surface area contributed by atoms with Crippen molar-refractivity contribution >= 4 is 34.4 Å². The normalized spacial score (nSPS) is 13.6. The first kappa shape index (κ1) is 25.2. The van der Waals surface area contributed by atoms with E-state index >= 15 is 0 Å². The largest absolute Gasteiger partial charge is 0.466 e. The number of imidazole rings is 1. The molecule has 1 aromatic heterocycles. The van der Waals surface area contributed by atoms with Gasteiger partial charge in [-0.05, 0) is 62.2 Å². The number of nitrogens with two attached hydrogens (primary N) is 1. The predicted octanol–water partition coefficient (Wildman–Crippen LogP) is 3.81. The second-order valence-corrected chi connectivity index (χ2v) is 9.13. The average Bonchev–Trinajstić information content (AvgIpc) is 3.51. The molecule has 4 rings (SSSR count). The van der Waals surface area contributed by atoms with Crippen molar-refractivity contribution in [2.24, 2.45) is 12.8 Å². The lowest BCUT2D eigenvalue weighted by atomic mass is 10.1. The van der Waals surface area contributed by atoms with Crippen LogP contribution in [-0.2, 0) is 23.1 Å². The first-order valence-electron chi connectivity index (χ1n) is 12.5. The molecule has 0 unspecified atom stereocenters. The maximum absolute atomic E-state index is 13.5. The van der Waals surface area contributed by atoms with Crippen LogP contribution in [0.3, 0.4) is 0 Å². The van der Waals surface area contributed by atoms with Crippen molar-refractivity contribution < 1.29 is 14.3 Å². The number of amides is 1. The van der Waals surface area contributed by atoms with Crippen molar-refractivity contribution in [3.8, 4) is 0 Å². The predicted molar refractivity (Wildman–Crippen MR) is 140 cm³/mol. The highest BCUT2D eigenvalue weighted by Gasteiger charge is 2.28. The van der Waals surface area contributed by atoms with E-state index in [0.717, 1.165) is 48.2 Å². The standard InChI is InChI=1S/C27H34N6O3/c1-3-36-25(34)14-15-33(21-6-4-5-7-21)27(35)19-10-13-23-22(16-19)31-24(32(23)2)17-30-20-11-8-18(9-12-20)26(28)29/h8-13,16,21,30H,3-7,14-15,17H2,1-2H3,(H3,28,29). The number of aryl methyl sites for hydroxylation is 1. The Hall–Kier alpha value is -3.88. The Bertz CT molecular complexity index is 1240. The zero-order valence-electron chi connectivity index (χ0n) is 20.9. The van der Waals surface area contributed by atoms with Crippen molar-refractivity contribution in [3.05, 3.63) is 59.4 Å². The van der Waals surface area contributed by atoms with Gasteiger partial charge < -0.3 is 25.3 Å². The Balaban J connectivity index is 1.50. The number of hydrogen-bond acceptors (Lipinski definition) is 6. The fourth-order valence-electron chi connectivity index (χ4n) is 4.77. The molecule has 0 atom stereocenters. The summed E-state index contributed by atoms with van der Waals surface area (Å²) in [5.41, 5.74) is 9.37. The molecule has 0 saturated heterocycles. The van der Waals surface area contributed by atoms with E-state index in [4.69, 9.17) is 20.9 Å². The molecule has 36 heavy (non-hydrogen) atoms. The summed E-state index contributed by atoms with van der Waals surface area (Å²) in [7, 11) is 1.96. The molecule has 1 saturated carbocycles. The number of nitrogens with zero attached hydrogens (tertiary/aromatic N) is 3. The van der Waals surface area contributed by atoms with Gasteiger partial charge in [-0.1, -0.05) is 12.8 Å². The van der Waals surface area contributed by atoms with Gasteiger partial charge in [0.25, 0.3) is 5.91 Å². The topological polar surface area (TPSA) is 126 Å². The summed E-state index contributed by atoms with van der Waals surface area (Å²) >= 11 is 0. The molecular weight excluding hydrogens is 456 g/mol. The van der Waals surface area contributed by atoms with E-state index in [1.54, 1.807) is 19.1 Å². The Morgan fingerprint density at radius 2 is 1.86 bits per heavy atom. The molecule has 1 amide bonds. The number of hydrogen-bond donors (Lipinski definition) is 3. The summed E-state index contributed by atoms with van der Waals surface area (Å²) in [5, 5.41) is 10.9. The van der Waals surface area contributed by atoms with Gasteiger partial charge in [-0.3, -0.25) is 15.0 Å². The molecule has 0 bridgehead atoms. The molecule has 1 aliphatic carbocycles. The lowest BCUT2D eigenvalue weighted by Gasteiger charge is -2.29. The van der Waals surface area contributed by atoms with Crippen LogP contribution in [-0.4, -0.2) is 51.4 Å². The molecule has 2 aromatic carbocycles. The highest BCUT2D eigenvalue weighted by molar-refractivity contribution is 5.98. The van der Waals surface area contributed by atoms with E-state index < -0.39 is 0 Å². The summed E-state index contributed by atoms with van der Waals surface area (Å²) < 4.78 is 7.08. The monoisotopic (exact) mass is 490 g/mol. The lowest BCUT2D eigenvalue weighted by molar-refractivity contribution is -0.143. The van der Waals surface area contributed by atoms with E-state index in [2.05, 4.69) is 5.32 Å². The van der Waals surface area contributed by atoms with Crippen molar-refractivity contribution in [3.63, 3.8) is 0 Å². The number of benzene rings is 2. The minimum absolute atomic E-state index is 0.0367. The fraction of sp³-hybridized carbons (Fsp3) is 0.407. The molecule has 190 valence electrons. The third kappa shape index (κ3) is 5.67. The van der Waals surface area contributed by atoms with Gasteiger partial charge in [-0.2, -0.15) is 0 Å². The zero-order chi connectivity index (χ0) is 25.7. The molecule has 1 heterocycles. The first-order chi connectivity index (χ1) is 17.4. The summed E-state index contributed by atoms with van der Waals surface area (Å²) in [6, 6.07) is 13.1. The first-order valence-corrected chi connectivity index (χ1v) is 12.5. The molecule has 0 radical (unpaired) electrons. The molecule has 9 heteroatoms. The minimum atomic E-state index is -0.276. The van der Waals surface area contributed by atoms with Gasteiger partial charge in [0.2, 0.25) is 0 Å². The highest BCUT2D eigenvalue weighted by atomic mass is 16.5. The molecule has 1 aliphatic rings. The Labute approximate surface area is 211 Å². The van der Waals surface area contributed by atoms with Crippen molar-refractivity contribution in [2.75, 3.05) is 18.5 Å². The fourth-order valence-corrected chi connectivity index (χ4v) is 4.77. The van der Waals surface area contributed by atoms with Gasteiger partial charge in [0.05, 0.1) is 30.6 Å². The summed E-state index contributed by atoms with van der Waals surface area (Å²) in [6.45, 7) is 2.99. The quantitative estimate of drug-likeness (QED) is 0.225. The number of esters is 1. The van der Waals surface area contributed by atoms with Crippen molar-refractivity contribution in [2.45, 2.75) is 51.6 Å². The Kier molecular flexibility index (Phi) is 7.87. The highest BCUT2D eigenvalue weighted by Crippen LogP contribution is 2.26. The number of nitrogen functional groups attached to an aromatic ring is 1. The van der Waals surface area contributed by atoms with Gasteiger partial charge in [0.15, 0.2) is 0 Å². The average molecular weight is 491 g/mol. The Morgan fingerprint density at radius 3 is 2.53 bits per heavy atom. The summed E-state index contributed by atoms with van der Waals surface area (Å²) in [4.78, 5) is 32.1. The molecular formula is C27H34N6O3. The van der Waals surface area contributed by atoms with Crippen LogP contribution in [0.1, 0.15) is 60.8 Å². The van der Waals surface area contributed by atoms with Gasteiger partial charge >= 0.3 is 5.97 Å². The number of ether oxygens (including phenoxy) is 1. The molecule has 1 fully saturated rings. The van der Waals surface area contributed by atoms with Crippen molar-refractivity contribution in [1.29, 1.82) is 5.41 Å². The number of aromatic nitrogens is 2. The molecule has 4 N–H and O–H groups in total. The number of nitrogens with one attached hydrogen (secondary N) is 2. The van der Waals surface area contributed by atoms with Gasteiger partial charge in [-0.25, -0.2) is 4.98 Å². The molecule has 0 spiro atoms. The lowest BCUT2D eigenvalue weighted by Crippen LogP contribution is -2.40. The van der Waals surface area contributed by atoms with Crippen LogP contribution in [0, 0.1) is 5.41 Å². The van der Waals surface area contributed by atoms with Gasteiger partial charge in [0.1, 0.15) is 11.7 Å². The van der Waals surface area contributed by atoms with Crippen LogP contribution in [0.5, 0.6) is 0 Å². The minimum Gasteiger partial charge on any atom is -0.466 e. The second-order valence-electron chi connectivity index (χ2n) is 9.13. The number of carbonyl (C=O) groups is 2. The van der Waals surface area contributed by atoms with E-state index in [0.29, 0.717) is 30.8 Å². The van der Waals surface area contributed by atoms with Crippen LogP contribution < -0.4 is 11.1 Å². The van der Waals surface area contributed by atoms with E-state index in [-0.39, 0.29) is 30.2 Å². The number of rotatable bonds is 10. The summed E-state index contributed by atoms with van der Waals surface area (Å²) in [5.74, 6) is 0.528. The van der Waals surface area contributed by atoms with Crippen LogP contribution in [0.4, 0.5) is 5.69 Å². The zero-order valence-corrected chi connectivity index (χ0v) is 20.9. The van der Waals surface area contributed by atoms with E-state index in [1.807, 2.05) is 46.8 Å². The molecule has 0 aliphatic heterocycles. The number of carbonyl (C=O) groups excluding carboxylic acids is 2. The van der Waals surface area contributed by atoms with E-state index in [1.165, 1.54) is 0 Å². The van der Waals surface area contributed by atoms with Crippen LogP contribution >= 0.6 is 0 Å². The van der Waals surface area contributed by atoms with Crippen LogP contribution in [0.2, 0.25) is 0 Å². The number of amidine groups is 1. The third-order valence-corrected chi connectivity index (χ3v) is 6.76. The van der Waals surface area contributed by atoms with Crippen LogP contribution in [0.15, 0.2) is 42.5 Å². The van der Waals surface area contributed by atoms with Crippen LogP contribution in [0.25, 0.3) is 11.0 Å². The van der Waals surface area contributed by atoms with Crippen molar-refractivity contribution in [1.82, 2.24) is 14.5 Å². The van der Waals surface area contributed by atoms with E-state index in [9.17, 15) is 9.59 Å². The Morgan fingerprint density at radius 1 is 1.17 bits per heavy atom. The SMILES string of the molecule is CCOC(=O)CCN(C(=O)c1ccc2c(c1)nc(CNc1ccc(C(=N)N)cc1)n2C)C1CCCC1. The second kappa shape index (κ2) is 11.2. The molecule has 3 aromatic rings. The number of fused-ring (bicyclic) bond motifs is 1.